The lowest BCUT2D eigenvalue weighted by Gasteiger charge is -2.07. The van der Waals surface area contributed by atoms with Gasteiger partial charge >= 0.3 is 5.97 Å². The summed E-state index contributed by atoms with van der Waals surface area (Å²) < 4.78 is 5.06. The normalized spacial score (nSPS) is 10.0. The fourth-order valence-electron chi connectivity index (χ4n) is 2.04. The van der Waals surface area contributed by atoms with E-state index in [9.17, 15) is 14.4 Å². The Morgan fingerprint density at radius 1 is 1.00 bits per heavy atom. The highest BCUT2D eigenvalue weighted by Gasteiger charge is 2.13. The predicted octanol–water partition coefficient (Wildman–Crippen LogP) is 2.99. The van der Waals surface area contributed by atoms with Crippen LogP contribution in [-0.4, -0.2) is 24.3 Å². The SMILES string of the molecule is CC(=O)Nc1ccc(C(=O)COC(=O)c2ccccc2C)cc1. The van der Waals surface area contributed by atoms with Crippen molar-refractivity contribution in [2.45, 2.75) is 13.8 Å². The fourth-order valence-corrected chi connectivity index (χ4v) is 2.04. The predicted molar refractivity (Wildman–Crippen MR) is 86.5 cm³/mol. The molecule has 0 heterocycles. The van der Waals surface area contributed by atoms with Crippen LogP contribution in [-0.2, 0) is 9.53 Å². The molecule has 118 valence electrons. The van der Waals surface area contributed by atoms with Crippen LogP contribution in [0.25, 0.3) is 0 Å². The van der Waals surface area contributed by atoms with E-state index in [1.54, 1.807) is 49.4 Å². The van der Waals surface area contributed by atoms with Gasteiger partial charge in [-0.15, -0.1) is 0 Å². The summed E-state index contributed by atoms with van der Waals surface area (Å²) in [4.78, 5) is 34.9. The van der Waals surface area contributed by atoms with E-state index >= 15 is 0 Å². The van der Waals surface area contributed by atoms with Crippen molar-refractivity contribution in [2.75, 3.05) is 11.9 Å². The molecule has 2 aromatic rings. The largest absolute Gasteiger partial charge is 0.454 e. The first-order valence-corrected chi connectivity index (χ1v) is 7.11. The number of Topliss-reactive ketones (excluding diaryl/α,β-unsaturated/α-hetero) is 1. The molecule has 0 bridgehead atoms. The van der Waals surface area contributed by atoms with E-state index in [1.165, 1.54) is 6.92 Å². The van der Waals surface area contributed by atoms with Crippen molar-refractivity contribution in [1.82, 2.24) is 0 Å². The van der Waals surface area contributed by atoms with E-state index in [0.717, 1.165) is 5.56 Å². The number of rotatable bonds is 5. The molecule has 5 nitrogen and oxygen atoms in total. The summed E-state index contributed by atoms with van der Waals surface area (Å²) in [6.45, 7) is 2.88. The number of hydrogen-bond acceptors (Lipinski definition) is 4. The highest BCUT2D eigenvalue weighted by molar-refractivity contribution is 6.00. The van der Waals surface area contributed by atoms with Crippen molar-refractivity contribution < 1.29 is 19.1 Å². The summed E-state index contributed by atoms with van der Waals surface area (Å²) in [5.74, 6) is -1.01. The quantitative estimate of drug-likeness (QED) is 0.680. The first-order valence-electron chi connectivity index (χ1n) is 7.11. The minimum absolute atomic E-state index is 0.184. The molecule has 0 unspecified atom stereocenters. The van der Waals surface area contributed by atoms with E-state index in [0.29, 0.717) is 16.8 Å². The molecular formula is C18H17NO4. The topological polar surface area (TPSA) is 72.5 Å². The third-order valence-corrected chi connectivity index (χ3v) is 3.23. The van der Waals surface area contributed by atoms with Crippen LogP contribution in [0, 0.1) is 6.92 Å². The van der Waals surface area contributed by atoms with E-state index in [4.69, 9.17) is 4.74 Å². The molecule has 0 aliphatic carbocycles. The van der Waals surface area contributed by atoms with Gasteiger partial charge in [0, 0.05) is 18.2 Å². The summed E-state index contributed by atoms with van der Waals surface area (Å²) in [6, 6.07) is 13.4. The van der Waals surface area contributed by atoms with E-state index in [2.05, 4.69) is 5.32 Å². The Morgan fingerprint density at radius 2 is 1.65 bits per heavy atom. The molecule has 0 saturated carbocycles. The third-order valence-electron chi connectivity index (χ3n) is 3.23. The minimum atomic E-state index is -0.522. The molecule has 5 heteroatoms. The van der Waals surface area contributed by atoms with Crippen LogP contribution in [0.3, 0.4) is 0 Å². The molecule has 0 radical (unpaired) electrons. The van der Waals surface area contributed by atoms with Crippen LogP contribution in [0.4, 0.5) is 5.69 Å². The Bertz CT molecular complexity index is 735. The number of nitrogens with one attached hydrogen (secondary N) is 1. The van der Waals surface area contributed by atoms with Gasteiger partial charge in [0.2, 0.25) is 5.91 Å². The number of anilines is 1. The standard InChI is InChI=1S/C18H17NO4/c1-12-5-3-4-6-16(12)18(22)23-11-17(21)14-7-9-15(10-8-14)19-13(2)20/h3-10H,11H2,1-2H3,(H,19,20). The highest BCUT2D eigenvalue weighted by atomic mass is 16.5. The number of carbonyl (C=O) groups is 3. The summed E-state index contributed by atoms with van der Waals surface area (Å²) in [5.41, 5.74) is 2.26. The average molecular weight is 311 g/mol. The minimum Gasteiger partial charge on any atom is -0.454 e. The Kier molecular flexibility index (Phi) is 5.25. The Labute approximate surface area is 134 Å². The molecule has 0 aliphatic heterocycles. The number of esters is 1. The number of amides is 1. The van der Waals surface area contributed by atoms with Crippen LogP contribution in [0.15, 0.2) is 48.5 Å². The molecule has 1 N–H and O–H groups in total. The van der Waals surface area contributed by atoms with Gasteiger partial charge in [0.05, 0.1) is 5.56 Å². The molecule has 0 aliphatic rings. The summed E-state index contributed by atoms with van der Waals surface area (Å²) >= 11 is 0. The van der Waals surface area contributed by atoms with Crippen LogP contribution in [0.2, 0.25) is 0 Å². The smallest absolute Gasteiger partial charge is 0.338 e. The Hall–Kier alpha value is -2.95. The fraction of sp³-hybridized carbons (Fsp3) is 0.167. The Balaban J connectivity index is 1.95. The van der Waals surface area contributed by atoms with Crippen LogP contribution >= 0.6 is 0 Å². The number of hydrogen-bond donors (Lipinski definition) is 1. The molecule has 1 amide bonds. The van der Waals surface area contributed by atoms with Crippen molar-refractivity contribution in [3.8, 4) is 0 Å². The molecule has 0 atom stereocenters. The number of aryl methyl sites for hydroxylation is 1. The molecule has 0 spiro atoms. The lowest BCUT2D eigenvalue weighted by Crippen LogP contribution is -2.15. The maximum Gasteiger partial charge on any atom is 0.338 e. The van der Waals surface area contributed by atoms with Gasteiger partial charge in [0.15, 0.2) is 12.4 Å². The monoisotopic (exact) mass is 311 g/mol. The van der Waals surface area contributed by atoms with Crippen molar-refractivity contribution in [2.24, 2.45) is 0 Å². The summed E-state index contributed by atoms with van der Waals surface area (Å²) in [7, 11) is 0. The first-order chi connectivity index (χ1) is 11.0. The number of ketones is 1. The zero-order valence-corrected chi connectivity index (χ0v) is 13.0. The van der Waals surface area contributed by atoms with E-state index in [-0.39, 0.29) is 18.3 Å². The van der Waals surface area contributed by atoms with Gasteiger partial charge in [-0.05, 0) is 42.8 Å². The van der Waals surface area contributed by atoms with Crippen molar-refractivity contribution in [3.63, 3.8) is 0 Å². The van der Waals surface area contributed by atoms with Gasteiger partial charge in [-0.1, -0.05) is 18.2 Å². The summed E-state index contributed by atoms with van der Waals surface area (Å²) in [6.07, 6.45) is 0. The van der Waals surface area contributed by atoms with Crippen LogP contribution in [0.5, 0.6) is 0 Å². The maximum absolute atomic E-state index is 12.0. The average Bonchev–Trinajstić information content (AvgIpc) is 2.53. The van der Waals surface area contributed by atoms with Gasteiger partial charge in [-0.3, -0.25) is 9.59 Å². The zero-order valence-electron chi connectivity index (χ0n) is 13.0. The van der Waals surface area contributed by atoms with Crippen LogP contribution in [0.1, 0.15) is 33.2 Å². The second kappa shape index (κ2) is 7.35. The van der Waals surface area contributed by atoms with E-state index < -0.39 is 5.97 Å². The second-order valence-corrected chi connectivity index (χ2v) is 5.07. The van der Waals surface area contributed by atoms with Crippen molar-refractivity contribution >= 4 is 23.3 Å². The molecule has 2 rings (SSSR count). The number of carbonyl (C=O) groups excluding carboxylic acids is 3. The van der Waals surface area contributed by atoms with Gasteiger partial charge in [0.25, 0.3) is 0 Å². The van der Waals surface area contributed by atoms with E-state index in [1.807, 2.05) is 6.07 Å². The molecule has 23 heavy (non-hydrogen) atoms. The third kappa shape index (κ3) is 4.51. The number of ether oxygens (including phenoxy) is 1. The maximum atomic E-state index is 12.0. The lowest BCUT2D eigenvalue weighted by molar-refractivity contribution is -0.114. The van der Waals surface area contributed by atoms with Gasteiger partial charge in [0.1, 0.15) is 0 Å². The highest BCUT2D eigenvalue weighted by Crippen LogP contribution is 2.12. The van der Waals surface area contributed by atoms with Crippen molar-refractivity contribution in [3.05, 3.63) is 65.2 Å². The molecular weight excluding hydrogens is 294 g/mol. The van der Waals surface area contributed by atoms with Gasteiger partial charge in [-0.2, -0.15) is 0 Å². The van der Waals surface area contributed by atoms with Crippen LogP contribution < -0.4 is 5.32 Å². The molecule has 0 saturated heterocycles. The Morgan fingerprint density at radius 3 is 2.26 bits per heavy atom. The lowest BCUT2D eigenvalue weighted by atomic mass is 10.1. The first kappa shape index (κ1) is 16.4. The molecule has 0 aromatic heterocycles. The zero-order chi connectivity index (χ0) is 16.8. The van der Waals surface area contributed by atoms with Gasteiger partial charge in [-0.25, -0.2) is 4.79 Å². The molecule has 0 fully saturated rings. The van der Waals surface area contributed by atoms with Gasteiger partial charge < -0.3 is 10.1 Å². The summed E-state index contributed by atoms with van der Waals surface area (Å²) in [5, 5.41) is 2.61. The van der Waals surface area contributed by atoms with Crippen molar-refractivity contribution in [1.29, 1.82) is 0 Å². The number of benzene rings is 2. The molecule has 2 aromatic carbocycles. The second-order valence-electron chi connectivity index (χ2n) is 5.07.